The lowest BCUT2D eigenvalue weighted by Gasteiger charge is -2.16. The number of nitrogens with zero attached hydrogens (tertiary/aromatic N) is 4. The summed E-state index contributed by atoms with van der Waals surface area (Å²) in [6, 6.07) is 17.1. The van der Waals surface area contributed by atoms with Gasteiger partial charge in [0.1, 0.15) is 5.82 Å². The number of fused-ring (bicyclic) bond motifs is 1. The van der Waals surface area contributed by atoms with Crippen LogP contribution < -0.4 is 5.32 Å². The molecule has 1 atom stereocenters. The molecular formula is C20H20FN5. The first-order chi connectivity index (χ1) is 12.7. The van der Waals surface area contributed by atoms with E-state index < -0.39 is 0 Å². The minimum Gasteiger partial charge on any atom is -0.352 e. The Labute approximate surface area is 151 Å². The Bertz CT molecular complexity index is 941. The van der Waals surface area contributed by atoms with Gasteiger partial charge in [-0.25, -0.2) is 9.37 Å². The highest BCUT2D eigenvalue weighted by molar-refractivity contribution is 5.78. The second kappa shape index (κ2) is 7.14. The van der Waals surface area contributed by atoms with Gasteiger partial charge in [-0.2, -0.15) is 5.26 Å². The zero-order chi connectivity index (χ0) is 17.9. The zero-order valence-electron chi connectivity index (χ0n) is 14.4. The van der Waals surface area contributed by atoms with Gasteiger partial charge in [0, 0.05) is 19.1 Å². The van der Waals surface area contributed by atoms with Crippen molar-refractivity contribution in [1.29, 1.82) is 5.26 Å². The van der Waals surface area contributed by atoms with E-state index in [-0.39, 0.29) is 11.9 Å². The van der Waals surface area contributed by atoms with Crippen LogP contribution in [0, 0.1) is 17.1 Å². The number of aromatic nitrogens is 2. The molecule has 4 rings (SSSR count). The molecule has 1 aliphatic heterocycles. The Morgan fingerprint density at radius 1 is 1.19 bits per heavy atom. The van der Waals surface area contributed by atoms with Crippen LogP contribution in [0.2, 0.25) is 0 Å². The summed E-state index contributed by atoms with van der Waals surface area (Å²) in [5.41, 5.74) is 3.00. The normalized spacial score (nSPS) is 17.5. The number of likely N-dealkylation sites (tertiary alicyclic amines) is 1. The molecule has 6 heteroatoms. The maximum Gasteiger partial charge on any atom is 0.204 e. The van der Waals surface area contributed by atoms with Gasteiger partial charge in [0.15, 0.2) is 0 Å². The van der Waals surface area contributed by atoms with Crippen molar-refractivity contribution in [3.8, 4) is 6.07 Å². The summed E-state index contributed by atoms with van der Waals surface area (Å²) < 4.78 is 15.3. The van der Waals surface area contributed by atoms with E-state index in [1.54, 1.807) is 12.1 Å². The fraction of sp³-hybridized carbons (Fsp3) is 0.300. The van der Waals surface area contributed by atoms with Gasteiger partial charge in [-0.3, -0.25) is 4.90 Å². The summed E-state index contributed by atoms with van der Waals surface area (Å²) >= 11 is 0. The minimum atomic E-state index is -0.230. The minimum absolute atomic E-state index is 0.230. The van der Waals surface area contributed by atoms with E-state index in [9.17, 15) is 4.39 Å². The molecule has 3 aromatic rings. The van der Waals surface area contributed by atoms with Crippen LogP contribution >= 0.6 is 0 Å². The molecule has 5 nitrogen and oxygen atoms in total. The quantitative estimate of drug-likeness (QED) is 0.719. The third kappa shape index (κ3) is 3.39. The van der Waals surface area contributed by atoms with E-state index in [4.69, 9.17) is 10.2 Å². The Morgan fingerprint density at radius 3 is 2.81 bits per heavy atom. The van der Waals surface area contributed by atoms with Gasteiger partial charge in [-0.15, -0.1) is 0 Å². The standard InChI is InChI=1S/C20H20FN5/c21-16-7-5-15(6-8-16)13-26-19-4-2-1-3-18(19)24-20(26)23-17-9-11-25(14-17)12-10-22/h1-8,17H,9,11-14H2,(H,23,24). The van der Waals surface area contributed by atoms with Crippen molar-refractivity contribution in [2.75, 3.05) is 25.0 Å². The molecular weight excluding hydrogens is 329 g/mol. The van der Waals surface area contributed by atoms with Crippen molar-refractivity contribution >= 4 is 17.0 Å². The summed E-state index contributed by atoms with van der Waals surface area (Å²) in [4.78, 5) is 6.90. The SMILES string of the molecule is N#CCN1CCC(Nc2nc3ccccc3n2Cc2ccc(F)cc2)C1. The maximum atomic E-state index is 13.2. The highest BCUT2D eigenvalue weighted by atomic mass is 19.1. The number of nitriles is 1. The zero-order valence-corrected chi connectivity index (χ0v) is 14.4. The summed E-state index contributed by atoms with van der Waals surface area (Å²) in [5, 5.41) is 12.4. The number of imidazole rings is 1. The lowest BCUT2D eigenvalue weighted by atomic mass is 10.2. The molecule has 132 valence electrons. The van der Waals surface area contributed by atoms with Crippen LogP contribution in [0.25, 0.3) is 11.0 Å². The van der Waals surface area contributed by atoms with Gasteiger partial charge in [0.2, 0.25) is 5.95 Å². The van der Waals surface area contributed by atoms with Crippen LogP contribution in [0.1, 0.15) is 12.0 Å². The molecule has 1 aromatic heterocycles. The number of anilines is 1. The second-order valence-electron chi connectivity index (χ2n) is 6.66. The van der Waals surface area contributed by atoms with Crippen molar-refractivity contribution in [2.24, 2.45) is 0 Å². The average Bonchev–Trinajstić information content (AvgIpc) is 3.22. The number of para-hydroxylation sites is 2. The van der Waals surface area contributed by atoms with E-state index in [1.807, 2.05) is 24.3 Å². The van der Waals surface area contributed by atoms with E-state index in [0.717, 1.165) is 42.1 Å². The highest BCUT2D eigenvalue weighted by Gasteiger charge is 2.23. The summed E-state index contributed by atoms with van der Waals surface area (Å²) in [7, 11) is 0. The Kier molecular flexibility index (Phi) is 4.55. The average molecular weight is 349 g/mol. The van der Waals surface area contributed by atoms with Crippen molar-refractivity contribution in [3.05, 3.63) is 59.9 Å². The van der Waals surface area contributed by atoms with Crippen LogP contribution in [0.5, 0.6) is 0 Å². The molecule has 1 fully saturated rings. The Balaban J connectivity index is 1.61. The molecule has 0 spiro atoms. The molecule has 1 N–H and O–H groups in total. The van der Waals surface area contributed by atoms with E-state index in [2.05, 4.69) is 20.9 Å². The van der Waals surface area contributed by atoms with Crippen LogP contribution in [-0.4, -0.2) is 40.1 Å². The molecule has 0 amide bonds. The number of halogens is 1. The van der Waals surface area contributed by atoms with Gasteiger partial charge in [0.25, 0.3) is 0 Å². The van der Waals surface area contributed by atoms with Crippen molar-refractivity contribution in [1.82, 2.24) is 14.5 Å². The lowest BCUT2D eigenvalue weighted by Crippen LogP contribution is -2.27. The monoisotopic (exact) mass is 349 g/mol. The van der Waals surface area contributed by atoms with Crippen LogP contribution in [-0.2, 0) is 6.54 Å². The Morgan fingerprint density at radius 2 is 2.00 bits per heavy atom. The largest absolute Gasteiger partial charge is 0.352 e. The number of hydrogen-bond acceptors (Lipinski definition) is 4. The van der Waals surface area contributed by atoms with Crippen LogP contribution in [0.15, 0.2) is 48.5 Å². The third-order valence-corrected chi connectivity index (χ3v) is 4.81. The topological polar surface area (TPSA) is 56.9 Å². The molecule has 0 bridgehead atoms. The number of benzene rings is 2. The smallest absolute Gasteiger partial charge is 0.204 e. The maximum absolute atomic E-state index is 13.2. The van der Waals surface area contributed by atoms with E-state index in [1.165, 1.54) is 12.1 Å². The van der Waals surface area contributed by atoms with Gasteiger partial charge >= 0.3 is 0 Å². The molecule has 0 aliphatic carbocycles. The van der Waals surface area contributed by atoms with E-state index in [0.29, 0.717) is 13.1 Å². The number of nitrogens with one attached hydrogen (secondary N) is 1. The molecule has 2 aromatic carbocycles. The molecule has 2 heterocycles. The first-order valence-corrected chi connectivity index (χ1v) is 8.78. The van der Waals surface area contributed by atoms with Gasteiger partial charge in [-0.05, 0) is 36.2 Å². The molecule has 1 aliphatic rings. The van der Waals surface area contributed by atoms with E-state index >= 15 is 0 Å². The summed E-state index contributed by atoms with van der Waals surface area (Å²) in [5.74, 6) is 0.588. The van der Waals surface area contributed by atoms with Gasteiger partial charge in [-0.1, -0.05) is 24.3 Å². The first-order valence-electron chi connectivity index (χ1n) is 8.78. The first kappa shape index (κ1) is 16.6. The van der Waals surface area contributed by atoms with Gasteiger partial charge in [0.05, 0.1) is 30.2 Å². The van der Waals surface area contributed by atoms with Crippen molar-refractivity contribution in [3.63, 3.8) is 0 Å². The number of hydrogen-bond donors (Lipinski definition) is 1. The summed E-state index contributed by atoms with van der Waals surface area (Å²) in [6.45, 7) is 2.85. The molecule has 0 saturated carbocycles. The van der Waals surface area contributed by atoms with Crippen LogP contribution in [0.3, 0.4) is 0 Å². The second-order valence-corrected chi connectivity index (χ2v) is 6.66. The van der Waals surface area contributed by atoms with Gasteiger partial charge < -0.3 is 9.88 Å². The molecule has 1 saturated heterocycles. The molecule has 0 radical (unpaired) electrons. The summed E-state index contributed by atoms with van der Waals surface area (Å²) in [6.07, 6.45) is 0.988. The fourth-order valence-corrected chi connectivity index (χ4v) is 3.49. The van der Waals surface area contributed by atoms with Crippen molar-refractivity contribution < 1.29 is 4.39 Å². The molecule has 26 heavy (non-hydrogen) atoms. The third-order valence-electron chi connectivity index (χ3n) is 4.81. The van der Waals surface area contributed by atoms with Crippen LogP contribution in [0.4, 0.5) is 10.3 Å². The lowest BCUT2D eigenvalue weighted by molar-refractivity contribution is 0.378. The predicted octanol–water partition coefficient (Wildman–Crippen LogP) is 3.23. The van der Waals surface area contributed by atoms with Crippen molar-refractivity contribution in [2.45, 2.75) is 19.0 Å². The Hall–Kier alpha value is -2.91. The molecule has 1 unspecified atom stereocenters. The number of rotatable bonds is 5. The highest BCUT2D eigenvalue weighted by Crippen LogP contribution is 2.23. The predicted molar refractivity (Wildman–Crippen MR) is 99.3 cm³/mol. The fourth-order valence-electron chi connectivity index (χ4n) is 3.49.